The zero-order valence-electron chi connectivity index (χ0n) is 9.14. The molecule has 6 nitrogen and oxygen atoms in total. The third kappa shape index (κ3) is 2.18. The molecular formula is C10H12ClN5O. The van der Waals surface area contributed by atoms with Crippen LogP contribution in [-0.2, 0) is 4.74 Å². The molecule has 1 aliphatic rings. The molecule has 0 saturated carbocycles. The quantitative estimate of drug-likeness (QED) is 0.819. The van der Waals surface area contributed by atoms with Crippen LogP contribution in [0.15, 0.2) is 12.4 Å². The Morgan fingerprint density at radius 1 is 1.41 bits per heavy atom. The third-order valence-electron chi connectivity index (χ3n) is 2.79. The van der Waals surface area contributed by atoms with Crippen LogP contribution in [0.3, 0.4) is 0 Å². The molecule has 0 amide bonds. The van der Waals surface area contributed by atoms with Crippen LogP contribution in [0.25, 0.3) is 5.78 Å². The highest BCUT2D eigenvalue weighted by Crippen LogP contribution is 2.18. The molecule has 0 spiro atoms. The van der Waals surface area contributed by atoms with Crippen molar-refractivity contribution in [2.45, 2.75) is 18.9 Å². The molecule has 2 aromatic heterocycles. The molecule has 0 atom stereocenters. The van der Waals surface area contributed by atoms with Gasteiger partial charge in [0.2, 0.25) is 0 Å². The SMILES string of the molecule is Clc1cc(NC2CCOCC2)n2ncnc2n1. The number of hydrogen-bond acceptors (Lipinski definition) is 5. The average molecular weight is 254 g/mol. The normalized spacial score (nSPS) is 17.5. The van der Waals surface area contributed by atoms with Crippen molar-refractivity contribution < 1.29 is 4.74 Å². The van der Waals surface area contributed by atoms with Crippen molar-refractivity contribution in [3.8, 4) is 0 Å². The van der Waals surface area contributed by atoms with Crippen molar-refractivity contribution in [3.63, 3.8) is 0 Å². The van der Waals surface area contributed by atoms with Crippen LogP contribution >= 0.6 is 11.6 Å². The Morgan fingerprint density at radius 3 is 3.06 bits per heavy atom. The molecule has 3 rings (SSSR count). The van der Waals surface area contributed by atoms with E-state index in [2.05, 4.69) is 20.4 Å². The fourth-order valence-electron chi connectivity index (χ4n) is 1.94. The lowest BCUT2D eigenvalue weighted by Gasteiger charge is -2.24. The molecule has 0 radical (unpaired) electrons. The van der Waals surface area contributed by atoms with E-state index in [-0.39, 0.29) is 0 Å². The molecule has 90 valence electrons. The summed E-state index contributed by atoms with van der Waals surface area (Å²) in [5.41, 5.74) is 0. The molecule has 1 N–H and O–H groups in total. The van der Waals surface area contributed by atoms with Crippen LogP contribution in [0.1, 0.15) is 12.8 Å². The van der Waals surface area contributed by atoms with Crippen molar-refractivity contribution >= 4 is 23.2 Å². The van der Waals surface area contributed by atoms with Gasteiger partial charge in [-0.05, 0) is 12.8 Å². The van der Waals surface area contributed by atoms with E-state index in [1.807, 2.05) is 0 Å². The van der Waals surface area contributed by atoms with Crippen LogP contribution in [0.4, 0.5) is 5.82 Å². The second-order valence-corrected chi connectivity index (χ2v) is 4.35. The van der Waals surface area contributed by atoms with E-state index in [0.717, 1.165) is 31.9 Å². The van der Waals surface area contributed by atoms with Gasteiger partial charge in [0.05, 0.1) is 0 Å². The summed E-state index contributed by atoms with van der Waals surface area (Å²) >= 11 is 5.94. The van der Waals surface area contributed by atoms with E-state index >= 15 is 0 Å². The fourth-order valence-corrected chi connectivity index (χ4v) is 2.12. The predicted octanol–water partition coefficient (Wildman–Crippen LogP) is 1.37. The predicted molar refractivity (Wildman–Crippen MR) is 63.3 cm³/mol. The fraction of sp³-hybridized carbons (Fsp3) is 0.500. The summed E-state index contributed by atoms with van der Waals surface area (Å²) in [5, 5.41) is 7.94. The van der Waals surface area contributed by atoms with Gasteiger partial charge < -0.3 is 10.1 Å². The van der Waals surface area contributed by atoms with Gasteiger partial charge in [-0.1, -0.05) is 11.6 Å². The number of nitrogens with zero attached hydrogens (tertiary/aromatic N) is 4. The highest BCUT2D eigenvalue weighted by molar-refractivity contribution is 6.29. The van der Waals surface area contributed by atoms with E-state index in [0.29, 0.717) is 17.0 Å². The van der Waals surface area contributed by atoms with E-state index in [4.69, 9.17) is 16.3 Å². The molecule has 1 fully saturated rings. The van der Waals surface area contributed by atoms with Crippen molar-refractivity contribution in [3.05, 3.63) is 17.5 Å². The summed E-state index contributed by atoms with van der Waals surface area (Å²) in [7, 11) is 0. The maximum Gasteiger partial charge on any atom is 0.255 e. The topological polar surface area (TPSA) is 64.3 Å². The van der Waals surface area contributed by atoms with Crippen molar-refractivity contribution in [2.24, 2.45) is 0 Å². The summed E-state index contributed by atoms with van der Waals surface area (Å²) in [6.45, 7) is 1.58. The minimum absolute atomic E-state index is 0.384. The lowest BCUT2D eigenvalue weighted by Crippen LogP contribution is -2.28. The molecule has 3 heterocycles. The lowest BCUT2D eigenvalue weighted by atomic mass is 10.1. The first-order valence-electron chi connectivity index (χ1n) is 5.53. The van der Waals surface area contributed by atoms with Crippen LogP contribution in [0.2, 0.25) is 5.15 Å². The van der Waals surface area contributed by atoms with Gasteiger partial charge in [0.1, 0.15) is 17.3 Å². The molecule has 0 aromatic carbocycles. The van der Waals surface area contributed by atoms with Crippen molar-refractivity contribution in [1.82, 2.24) is 19.6 Å². The highest BCUT2D eigenvalue weighted by Gasteiger charge is 2.15. The van der Waals surface area contributed by atoms with Crippen LogP contribution in [-0.4, -0.2) is 38.8 Å². The first kappa shape index (κ1) is 10.7. The van der Waals surface area contributed by atoms with E-state index in [1.54, 1.807) is 10.6 Å². The summed E-state index contributed by atoms with van der Waals surface area (Å²) < 4.78 is 6.97. The van der Waals surface area contributed by atoms with Crippen LogP contribution < -0.4 is 5.32 Å². The van der Waals surface area contributed by atoms with E-state index in [1.165, 1.54) is 6.33 Å². The molecular weight excluding hydrogens is 242 g/mol. The Hall–Kier alpha value is -1.40. The Kier molecular flexibility index (Phi) is 2.82. The number of halogens is 1. The maximum absolute atomic E-state index is 5.94. The van der Waals surface area contributed by atoms with Gasteiger partial charge >= 0.3 is 0 Å². The van der Waals surface area contributed by atoms with Gasteiger partial charge in [0.15, 0.2) is 0 Å². The zero-order valence-corrected chi connectivity index (χ0v) is 9.89. The zero-order chi connectivity index (χ0) is 11.7. The van der Waals surface area contributed by atoms with Gasteiger partial charge in [-0.2, -0.15) is 19.6 Å². The number of ether oxygens (including phenoxy) is 1. The maximum atomic E-state index is 5.94. The first-order valence-corrected chi connectivity index (χ1v) is 5.91. The first-order chi connectivity index (χ1) is 8.33. The van der Waals surface area contributed by atoms with Gasteiger partial charge in [-0.15, -0.1) is 0 Å². The number of rotatable bonds is 2. The average Bonchev–Trinajstić information content (AvgIpc) is 2.78. The summed E-state index contributed by atoms with van der Waals surface area (Å²) in [5.74, 6) is 1.33. The number of fused-ring (bicyclic) bond motifs is 1. The number of hydrogen-bond donors (Lipinski definition) is 1. The Balaban J connectivity index is 1.90. The Morgan fingerprint density at radius 2 is 2.24 bits per heavy atom. The second kappa shape index (κ2) is 4.46. The Labute approximate surface area is 103 Å². The van der Waals surface area contributed by atoms with Crippen molar-refractivity contribution in [1.29, 1.82) is 0 Å². The monoisotopic (exact) mass is 253 g/mol. The molecule has 0 aliphatic carbocycles. The van der Waals surface area contributed by atoms with Gasteiger partial charge in [-0.3, -0.25) is 0 Å². The van der Waals surface area contributed by atoms with Gasteiger partial charge in [0, 0.05) is 25.3 Å². The molecule has 2 aromatic rings. The summed E-state index contributed by atoms with van der Waals surface area (Å²) in [4.78, 5) is 8.10. The van der Waals surface area contributed by atoms with Crippen LogP contribution in [0.5, 0.6) is 0 Å². The molecule has 1 saturated heterocycles. The largest absolute Gasteiger partial charge is 0.381 e. The summed E-state index contributed by atoms with van der Waals surface area (Å²) in [6, 6.07) is 2.15. The second-order valence-electron chi connectivity index (χ2n) is 3.97. The Bertz CT molecular complexity index is 522. The van der Waals surface area contributed by atoms with Crippen molar-refractivity contribution in [2.75, 3.05) is 18.5 Å². The minimum atomic E-state index is 0.384. The summed E-state index contributed by atoms with van der Waals surface area (Å²) in [6.07, 6.45) is 3.43. The van der Waals surface area contributed by atoms with E-state index in [9.17, 15) is 0 Å². The number of nitrogens with one attached hydrogen (secondary N) is 1. The highest BCUT2D eigenvalue weighted by atomic mass is 35.5. The molecule has 0 bridgehead atoms. The molecule has 17 heavy (non-hydrogen) atoms. The minimum Gasteiger partial charge on any atom is -0.381 e. The third-order valence-corrected chi connectivity index (χ3v) is 2.99. The number of anilines is 1. The van der Waals surface area contributed by atoms with Gasteiger partial charge in [-0.25, -0.2) is 0 Å². The van der Waals surface area contributed by atoms with Crippen LogP contribution in [0, 0.1) is 0 Å². The molecule has 0 unspecified atom stereocenters. The van der Waals surface area contributed by atoms with Gasteiger partial charge in [0.25, 0.3) is 5.78 Å². The molecule has 7 heteroatoms. The standard InChI is InChI=1S/C10H12ClN5O/c11-8-5-9(14-7-1-3-17-4-2-7)16-10(15-8)12-6-13-16/h5-7,14H,1-4H2. The smallest absolute Gasteiger partial charge is 0.255 e. The number of aromatic nitrogens is 4. The molecule has 1 aliphatic heterocycles. The van der Waals surface area contributed by atoms with E-state index < -0.39 is 0 Å². The lowest BCUT2D eigenvalue weighted by molar-refractivity contribution is 0.0903.